The number of hydrogen-bond acceptors (Lipinski definition) is 6. The van der Waals surface area contributed by atoms with Gasteiger partial charge in [0.05, 0.1) is 23.7 Å². The van der Waals surface area contributed by atoms with Crippen molar-refractivity contribution in [1.29, 1.82) is 0 Å². The van der Waals surface area contributed by atoms with Crippen molar-refractivity contribution in [3.63, 3.8) is 0 Å². The van der Waals surface area contributed by atoms with Crippen molar-refractivity contribution in [3.8, 4) is 16.4 Å². The lowest BCUT2D eigenvalue weighted by atomic mass is 10.1. The summed E-state index contributed by atoms with van der Waals surface area (Å²) in [4.78, 5) is 18.2. The first-order valence-corrected chi connectivity index (χ1v) is 10.9. The monoisotopic (exact) mass is 409 g/mol. The number of aromatic nitrogens is 1. The van der Waals surface area contributed by atoms with Crippen molar-refractivity contribution in [3.05, 3.63) is 53.5 Å². The van der Waals surface area contributed by atoms with Gasteiger partial charge in [-0.05, 0) is 42.8 Å². The molecule has 29 heavy (non-hydrogen) atoms. The Morgan fingerprint density at radius 1 is 1.14 bits per heavy atom. The second-order valence-electron chi connectivity index (χ2n) is 7.50. The van der Waals surface area contributed by atoms with Crippen molar-refractivity contribution in [2.45, 2.75) is 31.9 Å². The molecule has 0 radical (unpaired) electrons. The molecule has 0 aliphatic carbocycles. The molecule has 5 rings (SSSR count). The van der Waals surface area contributed by atoms with Crippen molar-refractivity contribution < 1.29 is 14.1 Å². The van der Waals surface area contributed by atoms with Gasteiger partial charge in [0.15, 0.2) is 11.9 Å². The molecule has 2 aliphatic rings. The number of fused-ring (bicyclic) bond motifs is 1. The summed E-state index contributed by atoms with van der Waals surface area (Å²) in [5.41, 5.74) is 1.82. The van der Waals surface area contributed by atoms with Crippen LogP contribution in [0.2, 0.25) is 0 Å². The molecule has 1 atom stereocenters. The number of amides is 1. The van der Waals surface area contributed by atoms with Crippen LogP contribution in [-0.4, -0.2) is 41.7 Å². The molecule has 0 spiro atoms. The molecular formula is C22H23N3O3S. The summed E-state index contributed by atoms with van der Waals surface area (Å²) in [6.45, 7) is 2.73. The molecule has 0 N–H and O–H groups in total. The van der Waals surface area contributed by atoms with E-state index in [0.717, 1.165) is 53.7 Å². The van der Waals surface area contributed by atoms with Crippen molar-refractivity contribution in [1.82, 2.24) is 10.1 Å². The minimum atomic E-state index is -0.494. The molecule has 1 fully saturated rings. The summed E-state index contributed by atoms with van der Waals surface area (Å²) in [6.07, 6.45) is 2.85. The van der Waals surface area contributed by atoms with Crippen molar-refractivity contribution >= 4 is 22.9 Å². The molecule has 1 aromatic carbocycles. The van der Waals surface area contributed by atoms with Crippen LogP contribution in [0.5, 0.6) is 5.75 Å². The largest absolute Gasteiger partial charge is 0.477 e. The average molecular weight is 410 g/mol. The minimum absolute atomic E-state index is 0.0867. The number of thiophene rings is 1. The average Bonchev–Trinajstić information content (AvgIpc) is 3.46. The van der Waals surface area contributed by atoms with Crippen LogP contribution in [0.25, 0.3) is 10.6 Å². The first-order chi connectivity index (χ1) is 14.3. The Hall–Kier alpha value is -2.80. The van der Waals surface area contributed by atoms with Crippen LogP contribution in [0.1, 0.15) is 25.0 Å². The Kier molecular flexibility index (Phi) is 4.97. The normalized spacial score (nSPS) is 19.0. The van der Waals surface area contributed by atoms with Gasteiger partial charge in [0.2, 0.25) is 0 Å². The lowest BCUT2D eigenvalue weighted by Crippen LogP contribution is -2.51. The zero-order chi connectivity index (χ0) is 19.6. The molecule has 1 saturated heterocycles. The fourth-order valence-electron chi connectivity index (χ4n) is 4.02. The number of benzene rings is 1. The van der Waals surface area contributed by atoms with Crippen LogP contribution in [0, 0.1) is 0 Å². The van der Waals surface area contributed by atoms with Crippen LogP contribution in [0.15, 0.2) is 52.4 Å². The number of para-hydroxylation sites is 2. The smallest absolute Gasteiger partial charge is 0.265 e. The molecular weight excluding hydrogens is 386 g/mol. The summed E-state index contributed by atoms with van der Waals surface area (Å²) in [5, 5.41) is 6.27. The molecule has 4 heterocycles. The molecule has 0 saturated carbocycles. The summed E-state index contributed by atoms with van der Waals surface area (Å²) in [6, 6.07) is 13.9. The quantitative estimate of drug-likeness (QED) is 0.647. The number of piperidine rings is 1. The van der Waals surface area contributed by atoms with E-state index >= 15 is 0 Å². The summed E-state index contributed by atoms with van der Waals surface area (Å²) >= 11 is 1.63. The van der Waals surface area contributed by atoms with E-state index in [2.05, 4.69) is 10.1 Å². The Bertz CT molecular complexity index is 979. The molecule has 3 aromatic rings. The third-order valence-corrected chi connectivity index (χ3v) is 6.36. The van der Waals surface area contributed by atoms with E-state index in [-0.39, 0.29) is 5.91 Å². The van der Waals surface area contributed by atoms with E-state index in [9.17, 15) is 4.79 Å². The zero-order valence-electron chi connectivity index (χ0n) is 16.1. The highest BCUT2D eigenvalue weighted by Gasteiger charge is 2.34. The summed E-state index contributed by atoms with van der Waals surface area (Å²) in [5.74, 6) is 1.61. The van der Waals surface area contributed by atoms with E-state index < -0.39 is 6.10 Å². The van der Waals surface area contributed by atoms with Gasteiger partial charge in [0, 0.05) is 19.2 Å². The van der Waals surface area contributed by atoms with E-state index in [1.165, 1.54) is 6.42 Å². The van der Waals surface area contributed by atoms with E-state index in [1.54, 1.807) is 11.3 Å². The van der Waals surface area contributed by atoms with Gasteiger partial charge in [-0.1, -0.05) is 23.4 Å². The number of rotatable bonds is 4. The zero-order valence-corrected chi connectivity index (χ0v) is 16.9. The molecule has 2 aliphatic heterocycles. The Morgan fingerprint density at radius 3 is 2.83 bits per heavy atom. The Labute approximate surface area is 173 Å². The maximum Gasteiger partial charge on any atom is 0.265 e. The highest BCUT2D eigenvalue weighted by atomic mass is 32.1. The van der Waals surface area contributed by atoms with Gasteiger partial charge in [-0.2, -0.15) is 0 Å². The fourth-order valence-corrected chi connectivity index (χ4v) is 4.69. The van der Waals surface area contributed by atoms with Gasteiger partial charge >= 0.3 is 0 Å². The fraction of sp³-hybridized carbons (Fsp3) is 0.364. The van der Waals surface area contributed by atoms with Crippen molar-refractivity contribution in [2.24, 2.45) is 0 Å². The van der Waals surface area contributed by atoms with Gasteiger partial charge in [0.25, 0.3) is 5.91 Å². The minimum Gasteiger partial charge on any atom is -0.477 e. The third-order valence-electron chi connectivity index (χ3n) is 5.48. The number of ether oxygens (including phenoxy) is 1. The van der Waals surface area contributed by atoms with Gasteiger partial charge in [-0.25, -0.2) is 0 Å². The second kappa shape index (κ2) is 7.91. The molecule has 6 nitrogen and oxygen atoms in total. The van der Waals surface area contributed by atoms with E-state index in [1.807, 2.05) is 52.7 Å². The van der Waals surface area contributed by atoms with Crippen LogP contribution < -0.4 is 9.64 Å². The lowest BCUT2D eigenvalue weighted by molar-refractivity contribution is -0.139. The van der Waals surface area contributed by atoms with Crippen LogP contribution >= 0.6 is 11.3 Å². The van der Waals surface area contributed by atoms with Gasteiger partial charge in [0.1, 0.15) is 11.4 Å². The van der Waals surface area contributed by atoms with Gasteiger partial charge in [-0.15, -0.1) is 11.3 Å². The highest BCUT2D eigenvalue weighted by molar-refractivity contribution is 7.13. The van der Waals surface area contributed by atoms with Crippen LogP contribution in [0.3, 0.4) is 0 Å². The third kappa shape index (κ3) is 3.74. The first-order valence-electron chi connectivity index (χ1n) is 10.1. The summed E-state index contributed by atoms with van der Waals surface area (Å²) < 4.78 is 11.6. The molecule has 1 amide bonds. The Morgan fingerprint density at radius 2 is 2.00 bits per heavy atom. The Balaban J connectivity index is 1.37. The van der Waals surface area contributed by atoms with Gasteiger partial charge < -0.3 is 19.1 Å². The standard InChI is InChI=1S/C22H23N3O3S/c26-22(24-10-4-1-5-11-24)20-15-25(17-7-2-3-8-18(17)27-20)14-16-13-19(28-23-16)21-9-6-12-29-21/h2-3,6-9,12-13,20H,1,4-5,10-11,14-15H2/t20-/m0/s1. The first kappa shape index (κ1) is 18.2. The summed E-state index contributed by atoms with van der Waals surface area (Å²) in [7, 11) is 0. The number of likely N-dealkylation sites (tertiary alicyclic amines) is 1. The van der Waals surface area contributed by atoms with Crippen LogP contribution in [-0.2, 0) is 11.3 Å². The lowest BCUT2D eigenvalue weighted by Gasteiger charge is -2.38. The number of nitrogens with zero attached hydrogens (tertiary/aromatic N) is 3. The SMILES string of the molecule is O=C([C@@H]1CN(Cc2cc(-c3cccs3)on2)c2ccccc2O1)N1CCCCC1. The second-order valence-corrected chi connectivity index (χ2v) is 8.45. The van der Waals surface area contributed by atoms with Crippen LogP contribution in [0.4, 0.5) is 5.69 Å². The molecule has 0 unspecified atom stereocenters. The topological polar surface area (TPSA) is 58.8 Å². The molecule has 2 aromatic heterocycles. The number of anilines is 1. The van der Waals surface area contributed by atoms with Crippen molar-refractivity contribution in [2.75, 3.05) is 24.5 Å². The van der Waals surface area contributed by atoms with E-state index in [0.29, 0.717) is 13.1 Å². The highest BCUT2D eigenvalue weighted by Crippen LogP contribution is 2.35. The molecule has 0 bridgehead atoms. The number of carbonyl (C=O) groups is 1. The predicted octanol–water partition coefficient (Wildman–Crippen LogP) is 4.18. The van der Waals surface area contributed by atoms with Gasteiger partial charge in [-0.3, -0.25) is 4.79 Å². The number of hydrogen-bond donors (Lipinski definition) is 0. The van der Waals surface area contributed by atoms with E-state index in [4.69, 9.17) is 9.26 Å². The number of carbonyl (C=O) groups excluding carboxylic acids is 1. The maximum atomic E-state index is 13.1. The molecule has 150 valence electrons. The predicted molar refractivity (Wildman–Crippen MR) is 112 cm³/mol. The maximum absolute atomic E-state index is 13.1. The molecule has 7 heteroatoms.